The lowest BCUT2D eigenvalue weighted by atomic mass is 10.1. The molecule has 3 aromatic heterocycles. The van der Waals surface area contributed by atoms with E-state index in [1.54, 1.807) is 48.9 Å². The second kappa shape index (κ2) is 23.1. The van der Waals surface area contributed by atoms with Crippen LogP contribution in [-0.4, -0.2) is 45.9 Å². The molecule has 22 heteroatoms. The summed E-state index contributed by atoms with van der Waals surface area (Å²) < 4.78 is 123. The number of hydrogen-bond donors (Lipinski definition) is 2. The van der Waals surface area contributed by atoms with Gasteiger partial charge in [-0.25, -0.2) is 0 Å². The quantitative estimate of drug-likeness (QED) is 0.103. The normalized spacial score (nSPS) is 11.2. The molecule has 3 heterocycles. The first kappa shape index (κ1) is 52.1. The zero-order chi connectivity index (χ0) is 48.1. The van der Waals surface area contributed by atoms with E-state index in [9.17, 15) is 49.1 Å². The summed E-state index contributed by atoms with van der Waals surface area (Å²) in [6.07, 6.45) is -9.49. The van der Waals surface area contributed by atoms with Crippen LogP contribution in [0.4, 0.5) is 39.5 Å². The Kier molecular flexibility index (Phi) is 18.5. The van der Waals surface area contributed by atoms with E-state index in [2.05, 4.69) is 71.7 Å². The Morgan fingerprint density at radius 3 is 1.42 bits per heavy atom. The van der Waals surface area contributed by atoms with E-state index in [0.29, 0.717) is 23.8 Å². The molecule has 0 atom stereocenters. The van der Waals surface area contributed by atoms with Crippen LogP contribution >= 0.6 is 54.5 Å². The first-order chi connectivity index (χ1) is 30.3. The van der Waals surface area contributed by atoms with Crippen molar-refractivity contribution in [3.63, 3.8) is 0 Å². The number of alkyl halides is 9. The molecule has 6 aromatic rings. The van der Waals surface area contributed by atoms with E-state index in [0.717, 1.165) is 46.3 Å². The van der Waals surface area contributed by atoms with Crippen molar-refractivity contribution in [1.82, 2.24) is 25.6 Å². The van der Waals surface area contributed by atoms with Gasteiger partial charge >= 0.3 is 19.1 Å². The molecular weight excluding hydrogens is 1120 g/mol. The molecule has 0 aliphatic carbocycles. The zero-order valence-electron chi connectivity index (χ0n) is 33.7. The van der Waals surface area contributed by atoms with Crippen molar-refractivity contribution in [3.8, 4) is 28.5 Å². The third-order valence-electron chi connectivity index (χ3n) is 7.90. The Morgan fingerprint density at radius 2 is 1.00 bits per heavy atom. The number of halogens is 12. The van der Waals surface area contributed by atoms with Gasteiger partial charge in [0.2, 0.25) is 0 Å². The predicted molar refractivity (Wildman–Crippen MR) is 236 cm³/mol. The summed E-state index contributed by atoms with van der Waals surface area (Å²) in [6.45, 7) is 5.93. The first-order valence-electron chi connectivity index (χ1n) is 18.3. The molecule has 0 saturated carbocycles. The number of aromatic nitrogens is 3. The van der Waals surface area contributed by atoms with Gasteiger partial charge in [0.15, 0.2) is 0 Å². The highest BCUT2D eigenvalue weighted by Crippen LogP contribution is 2.31. The average molecular weight is 1160 g/mol. The lowest BCUT2D eigenvalue weighted by Crippen LogP contribution is -2.23. The maximum atomic E-state index is 12.7. The highest BCUT2D eigenvalue weighted by atomic mass is 127. The maximum absolute atomic E-state index is 12.7. The number of nitrogens with zero attached hydrogens (tertiary/aromatic N) is 3. The van der Waals surface area contributed by atoms with Gasteiger partial charge in [0.1, 0.15) is 17.2 Å². The zero-order valence-corrected chi connectivity index (χ0v) is 39.1. The first-order valence-corrected chi connectivity index (χ1v) is 21.0. The summed E-state index contributed by atoms with van der Waals surface area (Å²) >= 11 is 8.03. The second-order valence-corrected chi connectivity index (χ2v) is 16.4. The largest absolute Gasteiger partial charge is 0.573 e. The molecule has 344 valence electrons. The number of carbonyl (C=O) groups excluding carboxylic acids is 2. The summed E-state index contributed by atoms with van der Waals surface area (Å²) in [6, 6.07) is 22.2. The van der Waals surface area contributed by atoms with E-state index in [1.807, 2.05) is 55.5 Å². The lowest BCUT2D eigenvalue weighted by molar-refractivity contribution is -0.275. The van der Waals surface area contributed by atoms with Crippen LogP contribution in [0, 0.1) is 24.3 Å². The molecule has 0 saturated heterocycles. The molecule has 0 radical (unpaired) electrons. The van der Waals surface area contributed by atoms with Crippen molar-refractivity contribution in [2.75, 3.05) is 0 Å². The molecule has 3 aromatic carbocycles. The number of aryl methyl sites for hydroxylation is 3. The molecule has 0 spiro atoms. The number of hydrogen-bond acceptors (Lipinski definition) is 8. The van der Waals surface area contributed by atoms with Crippen LogP contribution in [-0.2, 0) is 13.1 Å². The number of pyridine rings is 3. The van der Waals surface area contributed by atoms with Gasteiger partial charge in [-0.3, -0.25) is 24.5 Å². The van der Waals surface area contributed by atoms with E-state index in [4.69, 9.17) is 0 Å². The number of nitrogens with one attached hydrogen (secondary N) is 2. The van der Waals surface area contributed by atoms with Crippen LogP contribution < -0.4 is 24.8 Å². The third kappa shape index (κ3) is 19.7. The summed E-state index contributed by atoms with van der Waals surface area (Å²) in [5.74, 6) is -2.22. The molecular formula is C43H33Br2F9IN5O5. The number of carbonyl (C=O) groups is 2. The molecule has 10 nitrogen and oxygen atoms in total. The van der Waals surface area contributed by atoms with E-state index < -0.39 is 42.4 Å². The van der Waals surface area contributed by atoms with Crippen LogP contribution in [0.5, 0.6) is 17.2 Å². The molecule has 2 N–H and O–H groups in total. The van der Waals surface area contributed by atoms with Crippen molar-refractivity contribution in [2.24, 2.45) is 0 Å². The van der Waals surface area contributed by atoms with Gasteiger partial charge in [-0.15, -0.1) is 39.5 Å². The van der Waals surface area contributed by atoms with Crippen LogP contribution in [0.25, 0.3) is 11.3 Å². The highest BCUT2D eigenvalue weighted by molar-refractivity contribution is 14.1. The number of amides is 2. The van der Waals surface area contributed by atoms with Crippen molar-refractivity contribution < 1.29 is 63.3 Å². The Bertz CT molecular complexity index is 2530. The van der Waals surface area contributed by atoms with E-state index >= 15 is 0 Å². The van der Waals surface area contributed by atoms with Crippen LogP contribution in [0.3, 0.4) is 0 Å². The Balaban J connectivity index is 0.000000229. The average Bonchev–Trinajstić information content (AvgIpc) is 3.18. The van der Waals surface area contributed by atoms with Crippen LogP contribution in [0.2, 0.25) is 0 Å². The minimum absolute atomic E-state index is 0.0317. The Morgan fingerprint density at radius 1 is 0.554 bits per heavy atom. The Labute approximate surface area is 395 Å². The van der Waals surface area contributed by atoms with E-state index in [1.165, 1.54) is 30.3 Å². The SMILES string of the molecule is Cc1ccc(-c2cc(OC(F)(F)F)cc(C(=O)NCc3ccc(C)nc3)c2)nc1.Cc1ccc(CNC(=O)c2cc(Br)cc(OC(F)(F)F)c2)cn1.FC(F)(F)Oc1cc(Br)cc(I)c1. The fraction of sp³-hybridized carbons (Fsp3) is 0.186. The number of ether oxygens (including phenoxy) is 3. The van der Waals surface area contributed by atoms with Crippen LogP contribution in [0.15, 0.2) is 119 Å². The van der Waals surface area contributed by atoms with Gasteiger partial charge in [0.25, 0.3) is 11.8 Å². The van der Waals surface area contributed by atoms with Gasteiger partial charge in [-0.2, -0.15) is 0 Å². The topological polar surface area (TPSA) is 125 Å². The fourth-order valence-electron chi connectivity index (χ4n) is 5.09. The van der Waals surface area contributed by atoms with Crippen molar-refractivity contribution in [3.05, 3.63) is 161 Å². The molecule has 0 aliphatic heterocycles. The third-order valence-corrected chi connectivity index (χ3v) is 9.44. The highest BCUT2D eigenvalue weighted by Gasteiger charge is 2.33. The van der Waals surface area contributed by atoms with Crippen molar-refractivity contribution in [2.45, 2.75) is 52.9 Å². The molecule has 0 fully saturated rings. The van der Waals surface area contributed by atoms with Gasteiger partial charge in [-0.1, -0.05) is 50.1 Å². The van der Waals surface area contributed by atoms with E-state index in [-0.39, 0.29) is 30.0 Å². The number of benzene rings is 3. The Hall–Kier alpha value is -5.49. The molecule has 0 bridgehead atoms. The van der Waals surface area contributed by atoms with Crippen molar-refractivity contribution in [1.29, 1.82) is 0 Å². The minimum Gasteiger partial charge on any atom is -0.406 e. The summed E-state index contributed by atoms with van der Waals surface area (Å²) in [7, 11) is 0. The summed E-state index contributed by atoms with van der Waals surface area (Å²) in [5, 5.41) is 5.29. The molecule has 2 amide bonds. The minimum atomic E-state index is -4.87. The van der Waals surface area contributed by atoms with Crippen molar-refractivity contribution >= 4 is 66.3 Å². The van der Waals surface area contributed by atoms with Crippen LogP contribution in [0.1, 0.15) is 48.8 Å². The summed E-state index contributed by atoms with van der Waals surface area (Å²) in [5.41, 5.74) is 5.00. The second-order valence-electron chi connectivity index (χ2n) is 13.4. The monoisotopic (exact) mass is 1150 g/mol. The lowest BCUT2D eigenvalue weighted by Gasteiger charge is -2.13. The molecule has 0 unspecified atom stereocenters. The smallest absolute Gasteiger partial charge is 0.406 e. The van der Waals surface area contributed by atoms with Gasteiger partial charge in [0.05, 0.1) is 5.69 Å². The summed E-state index contributed by atoms with van der Waals surface area (Å²) in [4.78, 5) is 37.1. The fourth-order valence-corrected chi connectivity index (χ4v) is 7.11. The number of rotatable bonds is 10. The predicted octanol–water partition coefficient (Wildman–Crippen LogP) is 12.5. The molecule has 6 rings (SSSR count). The molecule has 65 heavy (non-hydrogen) atoms. The molecule has 0 aliphatic rings. The van der Waals surface area contributed by atoms with Gasteiger partial charge < -0.3 is 24.8 Å². The van der Waals surface area contributed by atoms with Gasteiger partial charge in [-0.05, 0) is 133 Å². The van der Waals surface area contributed by atoms with Gasteiger partial charge in [0, 0.05) is 72.3 Å². The maximum Gasteiger partial charge on any atom is 0.573 e. The standard InChI is InChI=1S/C21H18F3N3O2.C15H12BrF3N2O2.C7H3BrF3IO/c1-13-3-6-19(26-10-13)16-7-17(9-18(8-16)29-21(22,23)24)20(28)27-12-15-5-4-14(2)25-11-15;1-9-2-3-10(7-20-9)8-21-14(22)11-4-12(16)6-13(5-11)23-15(17,18)19;8-4-1-5(12)3-6(2-4)13-7(9,10)11/h3-11H,12H2,1-2H3,(H,27,28);2-7H,8H2,1H3,(H,21,22);1-3H.